The van der Waals surface area contributed by atoms with Gasteiger partial charge in [-0.2, -0.15) is 5.10 Å². The predicted molar refractivity (Wildman–Crippen MR) is 78.8 cm³/mol. The molecule has 0 bridgehead atoms. The van der Waals surface area contributed by atoms with Gasteiger partial charge in [-0.05, 0) is 31.5 Å². The molecule has 2 rings (SSSR count). The molecule has 0 radical (unpaired) electrons. The van der Waals surface area contributed by atoms with E-state index in [1.165, 1.54) is 5.56 Å². The topological polar surface area (TPSA) is 69.0 Å². The van der Waals surface area contributed by atoms with E-state index >= 15 is 0 Å². The van der Waals surface area contributed by atoms with Crippen LogP contribution in [-0.2, 0) is 24.8 Å². The Kier molecular flexibility index (Phi) is 5.45. The van der Waals surface area contributed by atoms with Gasteiger partial charge in [0.25, 0.3) is 0 Å². The highest BCUT2D eigenvalue weighted by atomic mass is 16.5. The molecule has 0 spiro atoms. The van der Waals surface area contributed by atoms with Gasteiger partial charge >= 0.3 is 5.97 Å². The van der Waals surface area contributed by atoms with Crippen molar-refractivity contribution in [3.8, 4) is 0 Å². The van der Waals surface area contributed by atoms with Crippen LogP contribution in [-0.4, -0.2) is 33.9 Å². The molecule has 0 unspecified atom stereocenters. The number of pyridine rings is 1. The van der Waals surface area contributed by atoms with E-state index in [1.807, 2.05) is 25.4 Å². The number of carbonyl (C=O) groups excluding carboxylic acids is 1. The number of nitrogens with one attached hydrogen (secondary N) is 1. The lowest BCUT2D eigenvalue weighted by Crippen LogP contribution is -2.21. The Labute approximate surface area is 124 Å². The van der Waals surface area contributed by atoms with Crippen molar-refractivity contribution in [1.29, 1.82) is 0 Å². The first-order valence-corrected chi connectivity index (χ1v) is 7.00. The quantitative estimate of drug-likeness (QED) is 0.615. The predicted octanol–water partition coefficient (Wildman–Crippen LogP) is 1.32. The largest absolute Gasteiger partial charge is 0.462 e. The third kappa shape index (κ3) is 4.13. The fraction of sp³-hybridized carbons (Fsp3) is 0.400. The highest BCUT2D eigenvalue weighted by Crippen LogP contribution is 2.09. The van der Waals surface area contributed by atoms with E-state index < -0.39 is 0 Å². The summed E-state index contributed by atoms with van der Waals surface area (Å²) in [7, 11) is 1.82. The molecule has 112 valence electrons. The van der Waals surface area contributed by atoms with Crippen LogP contribution in [0.15, 0.2) is 30.7 Å². The molecule has 1 N–H and O–H groups in total. The van der Waals surface area contributed by atoms with Gasteiger partial charge in [0.2, 0.25) is 0 Å². The summed E-state index contributed by atoms with van der Waals surface area (Å²) in [5.74, 6) is -0.324. The van der Waals surface area contributed by atoms with Gasteiger partial charge in [0.1, 0.15) is 5.56 Å². The first-order valence-electron chi connectivity index (χ1n) is 7.00. The van der Waals surface area contributed by atoms with E-state index in [-0.39, 0.29) is 5.97 Å². The molecule has 21 heavy (non-hydrogen) atoms. The molecule has 0 aromatic carbocycles. The monoisotopic (exact) mass is 288 g/mol. The number of hydrogen-bond acceptors (Lipinski definition) is 5. The van der Waals surface area contributed by atoms with Gasteiger partial charge in [0, 0.05) is 26.0 Å². The van der Waals surface area contributed by atoms with E-state index in [4.69, 9.17) is 4.74 Å². The zero-order valence-electron chi connectivity index (χ0n) is 12.4. The van der Waals surface area contributed by atoms with Crippen LogP contribution in [0.1, 0.15) is 28.5 Å². The molecule has 0 aliphatic heterocycles. The Morgan fingerprint density at radius 2 is 2.29 bits per heavy atom. The average Bonchev–Trinajstić information content (AvgIpc) is 2.86. The molecule has 2 aromatic heterocycles. The highest BCUT2D eigenvalue weighted by Gasteiger charge is 2.16. The first-order chi connectivity index (χ1) is 10.2. The van der Waals surface area contributed by atoms with Gasteiger partial charge in [0.05, 0.1) is 18.5 Å². The molecule has 2 heterocycles. The van der Waals surface area contributed by atoms with Crippen molar-refractivity contribution in [3.05, 3.63) is 47.5 Å². The van der Waals surface area contributed by atoms with Crippen molar-refractivity contribution >= 4 is 5.97 Å². The van der Waals surface area contributed by atoms with Crippen molar-refractivity contribution in [2.24, 2.45) is 7.05 Å². The normalized spacial score (nSPS) is 10.6. The van der Waals surface area contributed by atoms with Gasteiger partial charge in [0.15, 0.2) is 0 Å². The van der Waals surface area contributed by atoms with Crippen LogP contribution in [0.5, 0.6) is 0 Å². The first kappa shape index (κ1) is 15.2. The summed E-state index contributed by atoms with van der Waals surface area (Å²) in [5, 5.41) is 7.44. The summed E-state index contributed by atoms with van der Waals surface area (Å²) in [5.41, 5.74) is 2.54. The fourth-order valence-electron chi connectivity index (χ4n) is 2.04. The molecule has 0 saturated heterocycles. The number of nitrogens with zero attached hydrogens (tertiary/aromatic N) is 3. The van der Waals surface area contributed by atoms with Crippen LogP contribution in [0.2, 0.25) is 0 Å². The lowest BCUT2D eigenvalue weighted by Gasteiger charge is -2.08. The maximum absolute atomic E-state index is 11.8. The summed E-state index contributed by atoms with van der Waals surface area (Å²) in [4.78, 5) is 15.9. The van der Waals surface area contributed by atoms with Crippen LogP contribution >= 0.6 is 0 Å². The minimum Gasteiger partial charge on any atom is -0.462 e. The van der Waals surface area contributed by atoms with Crippen LogP contribution < -0.4 is 5.32 Å². The van der Waals surface area contributed by atoms with E-state index in [0.717, 1.165) is 18.7 Å². The van der Waals surface area contributed by atoms with Crippen LogP contribution in [0.4, 0.5) is 0 Å². The standard InChI is InChI=1S/C15H20N4O2/c1-3-21-15(20)13-10-18-19(2)14(13)11-17-8-6-12-5-4-7-16-9-12/h4-5,7,9-10,17H,3,6,8,11H2,1-2H3. The summed E-state index contributed by atoms with van der Waals surface area (Å²) in [6, 6.07) is 3.97. The number of aromatic nitrogens is 3. The van der Waals surface area contributed by atoms with Crippen molar-refractivity contribution in [3.63, 3.8) is 0 Å². The third-order valence-corrected chi connectivity index (χ3v) is 3.16. The van der Waals surface area contributed by atoms with E-state index in [9.17, 15) is 4.79 Å². The number of rotatable bonds is 7. The fourth-order valence-corrected chi connectivity index (χ4v) is 2.04. The molecule has 0 aliphatic carbocycles. The Hall–Kier alpha value is -2.21. The minimum atomic E-state index is -0.324. The average molecular weight is 288 g/mol. The van der Waals surface area contributed by atoms with E-state index in [0.29, 0.717) is 18.7 Å². The van der Waals surface area contributed by atoms with E-state index in [1.54, 1.807) is 24.0 Å². The molecule has 6 nitrogen and oxygen atoms in total. The number of ether oxygens (including phenoxy) is 1. The maximum Gasteiger partial charge on any atom is 0.341 e. The lowest BCUT2D eigenvalue weighted by molar-refractivity contribution is 0.0524. The SMILES string of the molecule is CCOC(=O)c1cnn(C)c1CNCCc1cccnc1. The Morgan fingerprint density at radius 3 is 3.00 bits per heavy atom. The zero-order chi connectivity index (χ0) is 15.1. The Bertz CT molecular complexity index is 581. The number of aryl methyl sites for hydroxylation is 1. The van der Waals surface area contributed by atoms with Gasteiger partial charge < -0.3 is 10.1 Å². The summed E-state index contributed by atoms with van der Waals surface area (Å²) in [6.45, 7) is 3.53. The maximum atomic E-state index is 11.8. The van der Waals surface area contributed by atoms with Crippen molar-refractivity contribution < 1.29 is 9.53 Å². The summed E-state index contributed by atoms with van der Waals surface area (Å²) in [6.07, 6.45) is 6.06. The molecule has 0 fully saturated rings. The van der Waals surface area contributed by atoms with Crippen LogP contribution in [0, 0.1) is 0 Å². The molecule has 0 aliphatic rings. The van der Waals surface area contributed by atoms with Crippen LogP contribution in [0.3, 0.4) is 0 Å². The molecule has 2 aromatic rings. The Morgan fingerprint density at radius 1 is 1.43 bits per heavy atom. The van der Waals surface area contributed by atoms with Gasteiger partial charge in [-0.15, -0.1) is 0 Å². The molecule has 6 heteroatoms. The minimum absolute atomic E-state index is 0.324. The third-order valence-electron chi connectivity index (χ3n) is 3.16. The molecular weight excluding hydrogens is 268 g/mol. The van der Waals surface area contributed by atoms with Crippen molar-refractivity contribution in [2.45, 2.75) is 19.9 Å². The number of esters is 1. The molecule has 0 saturated carbocycles. The zero-order valence-corrected chi connectivity index (χ0v) is 12.4. The lowest BCUT2D eigenvalue weighted by atomic mass is 10.2. The second-order valence-electron chi connectivity index (χ2n) is 4.64. The second-order valence-corrected chi connectivity index (χ2v) is 4.64. The second kappa shape index (κ2) is 7.54. The van der Waals surface area contributed by atoms with Crippen molar-refractivity contribution in [1.82, 2.24) is 20.1 Å². The smallest absolute Gasteiger partial charge is 0.341 e. The highest BCUT2D eigenvalue weighted by molar-refractivity contribution is 5.90. The molecule has 0 atom stereocenters. The van der Waals surface area contributed by atoms with Gasteiger partial charge in [-0.3, -0.25) is 9.67 Å². The summed E-state index contributed by atoms with van der Waals surface area (Å²) < 4.78 is 6.73. The van der Waals surface area contributed by atoms with Gasteiger partial charge in [-0.1, -0.05) is 6.07 Å². The number of hydrogen-bond donors (Lipinski definition) is 1. The molecular formula is C15H20N4O2. The van der Waals surface area contributed by atoms with E-state index in [2.05, 4.69) is 15.4 Å². The number of carbonyl (C=O) groups is 1. The molecule has 0 amide bonds. The van der Waals surface area contributed by atoms with Crippen LogP contribution in [0.25, 0.3) is 0 Å². The Balaban J connectivity index is 1.88. The van der Waals surface area contributed by atoms with Crippen molar-refractivity contribution in [2.75, 3.05) is 13.2 Å². The van der Waals surface area contributed by atoms with Gasteiger partial charge in [-0.25, -0.2) is 4.79 Å². The summed E-state index contributed by atoms with van der Waals surface area (Å²) >= 11 is 0.